The summed E-state index contributed by atoms with van der Waals surface area (Å²) in [6, 6.07) is 9.22. The van der Waals surface area contributed by atoms with Crippen molar-refractivity contribution in [2.75, 3.05) is 0 Å². The summed E-state index contributed by atoms with van der Waals surface area (Å²) in [6.07, 6.45) is 21.4. The molecule has 318 valence electrons. The van der Waals surface area contributed by atoms with E-state index in [2.05, 4.69) is 165 Å². The highest BCUT2D eigenvalue weighted by atomic mass is 28.3. The number of aromatic amines is 2. The van der Waals surface area contributed by atoms with E-state index in [4.69, 9.17) is 9.97 Å². The number of hydrogen-bond acceptors (Lipinski definition) is 2. The lowest BCUT2D eigenvalue weighted by Gasteiger charge is -2.38. The summed E-state index contributed by atoms with van der Waals surface area (Å²) in [7, 11) is -4.06. The quantitative estimate of drug-likeness (QED) is 0.121. The van der Waals surface area contributed by atoms with E-state index in [1.54, 1.807) is 0 Å². The van der Waals surface area contributed by atoms with Crippen molar-refractivity contribution in [2.24, 2.45) is 0 Å². The number of fused-ring (bicyclic) bond motifs is 8. The smallest absolute Gasteiger partial charge is 0.146 e. The topological polar surface area (TPSA) is 57.4 Å². The zero-order chi connectivity index (χ0) is 42.9. The van der Waals surface area contributed by atoms with Crippen LogP contribution in [-0.2, 0) is 0 Å². The van der Waals surface area contributed by atoms with Crippen molar-refractivity contribution in [3.05, 3.63) is 69.3 Å². The van der Waals surface area contributed by atoms with E-state index >= 15 is 0 Å². The second-order valence-corrected chi connectivity index (χ2v) is 31.7. The predicted octanol–water partition coefficient (Wildman–Crippen LogP) is 15.9. The van der Waals surface area contributed by atoms with Gasteiger partial charge in [0.15, 0.2) is 0 Å². The SMILES string of the molecule is CC(C)[Si](C#Cc1c2nc(c(C3CCCCC3)c3ccc([nH]3)c(C#C[Si](C(C)C)(C(C)C)C(C)C)c3ccc([nH]3)c(C3CCCCC3)c3nc1C=C3)C=C2)(C(C)C)C(C)C. The van der Waals surface area contributed by atoms with Gasteiger partial charge in [0.2, 0.25) is 0 Å². The molecule has 2 saturated carbocycles. The molecule has 6 heteroatoms. The minimum atomic E-state index is -2.04. The lowest BCUT2D eigenvalue weighted by Crippen LogP contribution is -2.43. The van der Waals surface area contributed by atoms with E-state index in [9.17, 15) is 0 Å². The number of hydrogen-bond donors (Lipinski definition) is 2. The maximum atomic E-state index is 5.58. The van der Waals surface area contributed by atoms with Crippen LogP contribution in [-0.4, -0.2) is 36.1 Å². The molecule has 0 aromatic carbocycles. The zero-order valence-corrected chi connectivity index (χ0v) is 41.2. The van der Waals surface area contributed by atoms with Crippen LogP contribution in [0.1, 0.15) is 204 Å². The molecule has 4 aliphatic rings. The summed E-state index contributed by atoms with van der Waals surface area (Å²) in [5.41, 5.74) is 24.7. The largest absolute Gasteiger partial charge is 0.354 e. The number of rotatable bonds is 8. The highest BCUT2D eigenvalue weighted by Crippen LogP contribution is 2.44. The fraction of sp³-hybridized carbons (Fsp3) is 0.556. The monoisotopic (exact) mass is 835 g/mol. The molecule has 0 spiro atoms. The van der Waals surface area contributed by atoms with E-state index in [-0.39, 0.29) is 0 Å². The maximum Gasteiger partial charge on any atom is 0.146 e. The van der Waals surface area contributed by atoms with Gasteiger partial charge in [0.1, 0.15) is 16.1 Å². The molecule has 0 saturated heterocycles. The van der Waals surface area contributed by atoms with Crippen LogP contribution in [0.2, 0.25) is 33.2 Å². The van der Waals surface area contributed by atoms with Gasteiger partial charge in [0.25, 0.3) is 0 Å². The molecule has 7 rings (SSSR count). The molecule has 2 aliphatic carbocycles. The third-order valence-electron chi connectivity index (χ3n) is 15.4. The minimum Gasteiger partial charge on any atom is -0.354 e. The Hall–Kier alpha value is -3.85. The number of aromatic nitrogens is 4. The standard InChI is InChI=1S/C54H74N4Si2/c1-35(2)59(36(3)4,37(5)6)33-31-43-45-23-27-49(55-45)53(41-19-15-13-16-20-41)51-29-25-47(57-51)44(32-34-60(38(7)8,39(9)10)40(11)12)48-26-30-52(58-48)54(42-21-17-14-18-22-42)50-28-24-46(43)56-50/h23-30,35-42,55-56H,13-22H2,1-12H3. The van der Waals surface area contributed by atoms with Gasteiger partial charge >= 0.3 is 0 Å². The number of H-pyrrole nitrogens is 2. The van der Waals surface area contributed by atoms with Crippen molar-refractivity contribution in [3.63, 3.8) is 0 Å². The van der Waals surface area contributed by atoms with Gasteiger partial charge in [-0.1, -0.05) is 133 Å². The molecular weight excluding hydrogens is 761 g/mol. The Kier molecular flexibility index (Phi) is 13.4. The first-order valence-corrected chi connectivity index (χ1v) is 28.4. The van der Waals surface area contributed by atoms with Crippen molar-refractivity contribution >= 4 is 62.5 Å². The lowest BCUT2D eigenvalue weighted by molar-refractivity contribution is 0.444. The summed E-state index contributed by atoms with van der Waals surface area (Å²) >= 11 is 0. The molecule has 8 bridgehead atoms. The Labute approximate surface area is 365 Å². The number of nitrogens with one attached hydrogen (secondary N) is 2. The zero-order valence-electron chi connectivity index (χ0n) is 39.2. The molecular formula is C54H74N4Si2. The van der Waals surface area contributed by atoms with Crippen molar-refractivity contribution in [2.45, 2.75) is 192 Å². The molecule has 0 radical (unpaired) electrons. The molecule has 0 atom stereocenters. The van der Waals surface area contributed by atoms with Crippen LogP contribution < -0.4 is 0 Å². The Bertz CT molecular complexity index is 2240. The van der Waals surface area contributed by atoms with E-state index in [1.807, 2.05) is 0 Å². The average Bonchev–Trinajstić information content (AvgIpc) is 4.05. The second-order valence-electron chi connectivity index (χ2n) is 20.5. The van der Waals surface area contributed by atoms with Gasteiger partial charge in [0, 0.05) is 22.2 Å². The molecule has 3 aromatic heterocycles. The highest BCUT2D eigenvalue weighted by Gasteiger charge is 2.43. The molecule has 0 amide bonds. The summed E-state index contributed by atoms with van der Waals surface area (Å²) in [5, 5.41) is 0. The van der Waals surface area contributed by atoms with Crippen molar-refractivity contribution in [1.29, 1.82) is 0 Å². The third kappa shape index (κ3) is 8.25. The Morgan fingerprint density at radius 2 is 0.750 bits per heavy atom. The highest BCUT2D eigenvalue weighted by molar-refractivity contribution is 6.91. The van der Waals surface area contributed by atoms with Gasteiger partial charge in [0.05, 0.1) is 44.9 Å². The van der Waals surface area contributed by atoms with E-state index in [0.29, 0.717) is 45.1 Å². The van der Waals surface area contributed by atoms with E-state index < -0.39 is 16.1 Å². The van der Waals surface area contributed by atoms with Crippen LogP contribution in [0.3, 0.4) is 0 Å². The summed E-state index contributed by atoms with van der Waals surface area (Å²) < 4.78 is 0. The first-order chi connectivity index (χ1) is 28.7. The normalized spacial score (nSPS) is 16.7. The van der Waals surface area contributed by atoms with E-state index in [0.717, 1.165) is 44.9 Å². The molecule has 5 heterocycles. The first kappa shape index (κ1) is 44.2. The maximum absolute atomic E-state index is 5.58. The molecule has 0 unspecified atom stereocenters. The lowest BCUT2D eigenvalue weighted by atomic mass is 9.83. The van der Waals surface area contributed by atoms with Crippen molar-refractivity contribution in [3.8, 4) is 22.9 Å². The third-order valence-corrected chi connectivity index (χ3v) is 28.0. The van der Waals surface area contributed by atoms with Crippen LogP contribution in [0.25, 0.3) is 46.4 Å². The number of nitrogens with zero attached hydrogens (tertiary/aromatic N) is 2. The Balaban J connectivity index is 1.63. The summed E-state index contributed by atoms with van der Waals surface area (Å²) in [4.78, 5) is 19.2. The molecule has 60 heavy (non-hydrogen) atoms. The molecule has 2 N–H and O–H groups in total. The summed E-state index contributed by atoms with van der Waals surface area (Å²) in [5.74, 6) is 8.72. The van der Waals surface area contributed by atoms with Gasteiger partial charge in [-0.3, -0.25) is 0 Å². The molecule has 4 nitrogen and oxygen atoms in total. The molecule has 2 fully saturated rings. The molecule has 2 aliphatic heterocycles. The summed E-state index contributed by atoms with van der Waals surface area (Å²) in [6.45, 7) is 28.9. The van der Waals surface area contributed by atoms with Crippen LogP contribution in [0.4, 0.5) is 0 Å². The van der Waals surface area contributed by atoms with Gasteiger partial charge in [-0.2, -0.15) is 0 Å². The fourth-order valence-corrected chi connectivity index (χ4v) is 22.8. The van der Waals surface area contributed by atoms with Crippen LogP contribution >= 0.6 is 0 Å². The second kappa shape index (κ2) is 18.2. The molecule has 3 aromatic rings. The van der Waals surface area contributed by atoms with Gasteiger partial charge in [-0.25, -0.2) is 9.97 Å². The fourth-order valence-electron chi connectivity index (χ4n) is 12.4. The van der Waals surface area contributed by atoms with Crippen LogP contribution in [0, 0.1) is 22.9 Å². The average molecular weight is 835 g/mol. The van der Waals surface area contributed by atoms with Crippen molar-refractivity contribution in [1.82, 2.24) is 19.9 Å². The minimum absolute atomic E-state index is 0.440. The predicted molar refractivity (Wildman–Crippen MR) is 266 cm³/mol. The Morgan fingerprint density at radius 3 is 1.10 bits per heavy atom. The van der Waals surface area contributed by atoms with Crippen LogP contribution in [0.15, 0.2) is 24.3 Å². The van der Waals surface area contributed by atoms with Gasteiger partial charge in [-0.05, 0) is 119 Å². The van der Waals surface area contributed by atoms with E-state index in [1.165, 1.54) is 86.4 Å². The van der Waals surface area contributed by atoms with Crippen molar-refractivity contribution < 1.29 is 0 Å². The van der Waals surface area contributed by atoms with Gasteiger partial charge < -0.3 is 9.97 Å². The van der Waals surface area contributed by atoms with Crippen LogP contribution in [0.5, 0.6) is 0 Å². The first-order valence-electron chi connectivity index (χ1n) is 23.9. The van der Waals surface area contributed by atoms with Gasteiger partial charge in [-0.15, -0.1) is 11.1 Å². The Morgan fingerprint density at radius 1 is 0.433 bits per heavy atom.